The minimum absolute atomic E-state index is 0.0842. The van der Waals surface area contributed by atoms with Gasteiger partial charge < -0.3 is 5.32 Å². The molecular weight excluding hydrogens is 218 g/mol. The first kappa shape index (κ1) is 17.0. The number of hydrogen-bond acceptors (Lipinski definition) is 1. The normalized spacial score (nSPS) is 14.7. The van der Waals surface area contributed by atoms with Gasteiger partial charge in [-0.25, -0.2) is 0 Å². The molecule has 0 saturated heterocycles. The summed E-state index contributed by atoms with van der Waals surface area (Å²) in [5.74, 6) is 0. The summed E-state index contributed by atoms with van der Waals surface area (Å²) in [6.45, 7) is 21.7. The highest BCUT2D eigenvalue weighted by Gasteiger charge is 2.17. The summed E-state index contributed by atoms with van der Waals surface area (Å²) in [7, 11) is 0. The lowest BCUT2D eigenvalue weighted by atomic mass is 9.83. The summed E-state index contributed by atoms with van der Waals surface area (Å²) < 4.78 is 0. The summed E-state index contributed by atoms with van der Waals surface area (Å²) >= 11 is 0. The standard InChI is InChI=1S/C17H31N/c1-10-11-15(18-17(7,8)9)12-13(2)14(3)16(4,5)6/h11-12,18H,3,10H2,1-2,4-9H3/b13-12+,15-11-. The van der Waals surface area contributed by atoms with E-state index in [2.05, 4.69) is 79.4 Å². The van der Waals surface area contributed by atoms with Crippen LogP contribution in [0.3, 0.4) is 0 Å². The fourth-order valence-electron chi connectivity index (χ4n) is 1.71. The molecule has 0 heterocycles. The molecule has 1 N–H and O–H groups in total. The van der Waals surface area contributed by atoms with Crippen molar-refractivity contribution in [3.8, 4) is 0 Å². The van der Waals surface area contributed by atoms with E-state index in [0.717, 1.165) is 6.42 Å². The van der Waals surface area contributed by atoms with Gasteiger partial charge in [0.15, 0.2) is 0 Å². The zero-order valence-electron chi connectivity index (χ0n) is 13.6. The fraction of sp³-hybridized carbons (Fsp3) is 0.647. The van der Waals surface area contributed by atoms with Gasteiger partial charge in [0.05, 0.1) is 0 Å². The topological polar surface area (TPSA) is 12.0 Å². The van der Waals surface area contributed by atoms with Crippen molar-refractivity contribution < 1.29 is 0 Å². The van der Waals surface area contributed by atoms with Crippen LogP contribution in [0.4, 0.5) is 0 Å². The monoisotopic (exact) mass is 249 g/mol. The molecule has 0 atom stereocenters. The molecule has 0 rings (SSSR count). The zero-order chi connectivity index (χ0) is 14.6. The molecule has 0 unspecified atom stereocenters. The molecule has 0 amide bonds. The van der Waals surface area contributed by atoms with Crippen LogP contribution in [-0.2, 0) is 0 Å². The third kappa shape index (κ3) is 6.68. The Morgan fingerprint density at radius 2 is 1.61 bits per heavy atom. The van der Waals surface area contributed by atoms with Crippen molar-refractivity contribution in [2.24, 2.45) is 5.41 Å². The highest BCUT2D eigenvalue weighted by molar-refractivity contribution is 5.36. The molecule has 0 aliphatic heterocycles. The first-order valence-electron chi connectivity index (χ1n) is 6.83. The van der Waals surface area contributed by atoms with Crippen LogP contribution < -0.4 is 5.32 Å². The molecule has 0 spiro atoms. The Morgan fingerprint density at radius 3 is 1.94 bits per heavy atom. The van der Waals surface area contributed by atoms with Crippen molar-refractivity contribution in [3.63, 3.8) is 0 Å². The van der Waals surface area contributed by atoms with Crippen molar-refractivity contribution >= 4 is 0 Å². The van der Waals surface area contributed by atoms with E-state index in [-0.39, 0.29) is 11.0 Å². The lowest BCUT2D eigenvalue weighted by molar-refractivity contribution is 0.477. The second kappa shape index (κ2) is 6.26. The molecule has 0 aromatic carbocycles. The number of hydrogen-bond donors (Lipinski definition) is 1. The Kier molecular flexibility index (Phi) is 5.92. The van der Waals surface area contributed by atoms with E-state index in [0.29, 0.717) is 0 Å². The van der Waals surface area contributed by atoms with Crippen molar-refractivity contribution in [2.45, 2.75) is 67.3 Å². The summed E-state index contributed by atoms with van der Waals surface area (Å²) in [5.41, 5.74) is 3.84. The van der Waals surface area contributed by atoms with Crippen molar-refractivity contribution in [3.05, 3.63) is 35.6 Å². The van der Waals surface area contributed by atoms with E-state index < -0.39 is 0 Å². The minimum Gasteiger partial charge on any atom is -0.381 e. The van der Waals surface area contributed by atoms with Crippen molar-refractivity contribution in [1.82, 2.24) is 5.32 Å². The van der Waals surface area contributed by atoms with Gasteiger partial charge in [-0.2, -0.15) is 0 Å². The maximum absolute atomic E-state index is 4.21. The van der Waals surface area contributed by atoms with Gasteiger partial charge in [0.1, 0.15) is 0 Å². The highest BCUT2D eigenvalue weighted by atomic mass is 15.0. The van der Waals surface area contributed by atoms with Crippen LogP contribution in [0.25, 0.3) is 0 Å². The fourth-order valence-corrected chi connectivity index (χ4v) is 1.71. The largest absolute Gasteiger partial charge is 0.381 e. The Balaban J connectivity index is 5.10. The van der Waals surface area contributed by atoms with Crippen LogP contribution in [0.5, 0.6) is 0 Å². The van der Waals surface area contributed by atoms with Gasteiger partial charge >= 0.3 is 0 Å². The molecule has 0 aliphatic carbocycles. The minimum atomic E-state index is 0.0842. The second-order valence-electron chi connectivity index (χ2n) is 7.00. The van der Waals surface area contributed by atoms with E-state index >= 15 is 0 Å². The molecule has 0 aromatic rings. The van der Waals surface area contributed by atoms with Crippen LogP contribution in [-0.4, -0.2) is 5.54 Å². The van der Waals surface area contributed by atoms with E-state index in [4.69, 9.17) is 0 Å². The smallest absolute Gasteiger partial charge is 0.0306 e. The number of allylic oxidation sites excluding steroid dienone is 4. The molecule has 18 heavy (non-hydrogen) atoms. The number of rotatable bonds is 4. The van der Waals surface area contributed by atoms with E-state index in [1.165, 1.54) is 16.8 Å². The molecule has 0 aromatic heterocycles. The quantitative estimate of drug-likeness (QED) is 0.674. The first-order chi connectivity index (χ1) is 7.97. The Bertz CT molecular complexity index is 343. The molecule has 0 aliphatic rings. The number of nitrogens with one attached hydrogen (secondary N) is 1. The van der Waals surface area contributed by atoms with Crippen LogP contribution in [0.2, 0.25) is 0 Å². The van der Waals surface area contributed by atoms with Gasteiger partial charge in [0.25, 0.3) is 0 Å². The SMILES string of the molecule is C=C(/C(C)=C/C(=C/CC)NC(C)(C)C)C(C)(C)C. The van der Waals surface area contributed by atoms with Crippen LogP contribution in [0, 0.1) is 5.41 Å². The highest BCUT2D eigenvalue weighted by Crippen LogP contribution is 2.29. The van der Waals surface area contributed by atoms with Gasteiger partial charge in [0, 0.05) is 11.2 Å². The van der Waals surface area contributed by atoms with Crippen LogP contribution in [0.1, 0.15) is 61.8 Å². The lowest BCUT2D eigenvalue weighted by Crippen LogP contribution is -2.34. The summed E-state index contributed by atoms with van der Waals surface area (Å²) in [6, 6.07) is 0. The Labute approximate surface area is 114 Å². The summed E-state index contributed by atoms with van der Waals surface area (Å²) in [4.78, 5) is 0. The van der Waals surface area contributed by atoms with Gasteiger partial charge in [0.2, 0.25) is 0 Å². The van der Waals surface area contributed by atoms with Crippen molar-refractivity contribution in [1.29, 1.82) is 0 Å². The van der Waals surface area contributed by atoms with Gasteiger partial charge in [-0.15, -0.1) is 0 Å². The van der Waals surface area contributed by atoms with Gasteiger partial charge in [-0.1, -0.05) is 40.3 Å². The molecule has 0 radical (unpaired) electrons. The molecule has 0 saturated carbocycles. The average Bonchev–Trinajstić information content (AvgIpc) is 2.12. The van der Waals surface area contributed by atoms with Gasteiger partial charge in [-0.05, 0) is 56.8 Å². The molecular formula is C17H31N. The molecule has 1 nitrogen and oxygen atoms in total. The third-order valence-electron chi connectivity index (χ3n) is 2.70. The first-order valence-corrected chi connectivity index (χ1v) is 6.83. The molecule has 0 fully saturated rings. The lowest BCUT2D eigenvalue weighted by Gasteiger charge is -2.26. The second-order valence-corrected chi connectivity index (χ2v) is 7.00. The Hall–Kier alpha value is -0.980. The molecule has 0 bridgehead atoms. The van der Waals surface area contributed by atoms with E-state index in [1.807, 2.05) is 0 Å². The maximum Gasteiger partial charge on any atom is 0.0306 e. The predicted octanol–water partition coefficient (Wildman–Crippen LogP) is 5.22. The molecule has 1 heteroatoms. The zero-order valence-corrected chi connectivity index (χ0v) is 13.6. The summed E-state index contributed by atoms with van der Waals surface area (Å²) in [5, 5.41) is 3.54. The summed E-state index contributed by atoms with van der Waals surface area (Å²) in [6.07, 6.45) is 5.47. The predicted molar refractivity (Wildman–Crippen MR) is 83.6 cm³/mol. The third-order valence-corrected chi connectivity index (χ3v) is 2.70. The van der Waals surface area contributed by atoms with E-state index in [1.54, 1.807) is 0 Å². The maximum atomic E-state index is 4.21. The molecule has 104 valence electrons. The van der Waals surface area contributed by atoms with Gasteiger partial charge in [-0.3, -0.25) is 0 Å². The van der Waals surface area contributed by atoms with Crippen LogP contribution >= 0.6 is 0 Å². The van der Waals surface area contributed by atoms with Crippen LogP contribution in [0.15, 0.2) is 35.6 Å². The Morgan fingerprint density at radius 1 is 1.11 bits per heavy atom. The van der Waals surface area contributed by atoms with Crippen molar-refractivity contribution in [2.75, 3.05) is 0 Å². The van der Waals surface area contributed by atoms with E-state index in [9.17, 15) is 0 Å². The average molecular weight is 249 g/mol.